The predicted molar refractivity (Wildman–Crippen MR) is 102 cm³/mol. The first-order valence-electron chi connectivity index (χ1n) is 7.78. The van der Waals surface area contributed by atoms with Gasteiger partial charge in [0.25, 0.3) is 5.91 Å². The predicted octanol–water partition coefficient (Wildman–Crippen LogP) is 4.22. The number of anilines is 2. The summed E-state index contributed by atoms with van der Waals surface area (Å²) in [6.45, 7) is 2.49. The van der Waals surface area contributed by atoms with Gasteiger partial charge in [-0.25, -0.2) is 4.98 Å². The number of aromatic nitrogens is 2. The zero-order chi connectivity index (χ0) is 17.6. The largest absolute Gasteiger partial charge is 0.348 e. The molecule has 0 aliphatic carbocycles. The van der Waals surface area contributed by atoms with Crippen LogP contribution in [0, 0.1) is 6.92 Å². The molecule has 5 nitrogen and oxygen atoms in total. The number of halogens is 1. The molecule has 0 atom stereocenters. The topological polar surface area (TPSA) is 66.9 Å². The van der Waals surface area contributed by atoms with Crippen molar-refractivity contribution in [2.75, 3.05) is 5.32 Å². The second kappa shape index (κ2) is 7.90. The number of aryl methyl sites for hydroxylation is 1. The van der Waals surface area contributed by atoms with Gasteiger partial charge in [0, 0.05) is 29.6 Å². The molecule has 0 unspecified atom stereocenters. The van der Waals surface area contributed by atoms with Crippen molar-refractivity contribution in [3.05, 3.63) is 82.2 Å². The highest BCUT2D eigenvalue weighted by atomic mass is 79.9. The van der Waals surface area contributed by atoms with Crippen LogP contribution in [0.5, 0.6) is 0 Å². The zero-order valence-electron chi connectivity index (χ0n) is 13.7. The number of rotatable bonds is 5. The number of nitrogens with one attached hydrogen (secondary N) is 2. The van der Waals surface area contributed by atoms with Crippen LogP contribution < -0.4 is 10.6 Å². The number of hydrogen-bond acceptors (Lipinski definition) is 4. The van der Waals surface area contributed by atoms with E-state index in [4.69, 9.17) is 0 Å². The van der Waals surface area contributed by atoms with Crippen molar-refractivity contribution < 1.29 is 4.79 Å². The SMILES string of the molecule is Cc1ccc(Nc2ccc(C(=O)NCc3ccncc3)cn2)c(Br)c1. The summed E-state index contributed by atoms with van der Waals surface area (Å²) < 4.78 is 0.966. The van der Waals surface area contributed by atoms with Gasteiger partial charge >= 0.3 is 0 Å². The maximum Gasteiger partial charge on any atom is 0.253 e. The molecule has 0 spiro atoms. The molecule has 126 valence electrons. The van der Waals surface area contributed by atoms with Gasteiger partial charge in [-0.3, -0.25) is 9.78 Å². The lowest BCUT2D eigenvalue weighted by molar-refractivity contribution is 0.0950. The Morgan fingerprint density at radius 2 is 1.92 bits per heavy atom. The molecule has 3 aromatic rings. The fourth-order valence-electron chi connectivity index (χ4n) is 2.25. The Bertz CT molecular complexity index is 866. The van der Waals surface area contributed by atoms with Gasteiger partial charge in [0.2, 0.25) is 0 Å². The Hall–Kier alpha value is -2.73. The molecule has 0 saturated carbocycles. The van der Waals surface area contributed by atoms with E-state index in [-0.39, 0.29) is 5.91 Å². The molecular weight excluding hydrogens is 380 g/mol. The number of carbonyl (C=O) groups excluding carboxylic acids is 1. The lowest BCUT2D eigenvalue weighted by atomic mass is 10.2. The van der Waals surface area contributed by atoms with Gasteiger partial charge in [0.15, 0.2) is 0 Å². The average Bonchev–Trinajstić information content (AvgIpc) is 2.63. The van der Waals surface area contributed by atoms with E-state index < -0.39 is 0 Å². The van der Waals surface area contributed by atoms with Crippen LogP contribution in [-0.2, 0) is 6.54 Å². The minimum absolute atomic E-state index is 0.160. The van der Waals surface area contributed by atoms with E-state index in [1.54, 1.807) is 30.7 Å². The molecule has 0 saturated heterocycles. The number of carbonyl (C=O) groups is 1. The summed E-state index contributed by atoms with van der Waals surface area (Å²) in [6, 6.07) is 13.3. The summed E-state index contributed by atoms with van der Waals surface area (Å²) in [5.74, 6) is 0.516. The number of amides is 1. The van der Waals surface area contributed by atoms with Crippen LogP contribution in [0.4, 0.5) is 11.5 Å². The van der Waals surface area contributed by atoms with Crippen LogP contribution >= 0.6 is 15.9 Å². The molecule has 0 aliphatic rings. The second-order valence-corrected chi connectivity index (χ2v) is 6.43. The third-order valence-corrected chi connectivity index (χ3v) is 4.27. The molecule has 2 aromatic heterocycles. The molecule has 1 aromatic carbocycles. The van der Waals surface area contributed by atoms with Crippen molar-refractivity contribution >= 4 is 33.3 Å². The number of hydrogen-bond donors (Lipinski definition) is 2. The van der Waals surface area contributed by atoms with E-state index in [0.29, 0.717) is 17.9 Å². The van der Waals surface area contributed by atoms with Gasteiger partial charge in [0.05, 0.1) is 11.3 Å². The normalized spacial score (nSPS) is 10.3. The van der Waals surface area contributed by atoms with Crippen LogP contribution in [0.25, 0.3) is 0 Å². The van der Waals surface area contributed by atoms with E-state index in [2.05, 4.69) is 36.5 Å². The van der Waals surface area contributed by atoms with Crippen LogP contribution in [0.1, 0.15) is 21.5 Å². The van der Waals surface area contributed by atoms with Crippen LogP contribution in [-0.4, -0.2) is 15.9 Å². The first-order valence-corrected chi connectivity index (χ1v) is 8.57. The Morgan fingerprint density at radius 1 is 1.12 bits per heavy atom. The highest BCUT2D eigenvalue weighted by Crippen LogP contribution is 2.26. The van der Waals surface area contributed by atoms with Gasteiger partial charge in [-0.1, -0.05) is 6.07 Å². The van der Waals surface area contributed by atoms with Crippen LogP contribution in [0.15, 0.2) is 65.5 Å². The van der Waals surface area contributed by atoms with Crippen molar-refractivity contribution in [3.63, 3.8) is 0 Å². The maximum absolute atomic E-state index is 12.2. The van der Waals surface area contributed by atoms with Crippen molar-refractivity contribution in [1.29, 1.82) is 0 Å². The van der Waals surface area contributed by atoms with E-state index in [1.165, 1.54) is 5.56 Å². The van der Waals surface area contributed by atoms with E-state index in [9.17, 15) is 4.79 Å². The second-order valence-electron chi connectivity index (χ2n) is 5.58. The molecule has 2 N–H and O–H groups in total. The average molecular weight is 397 g/mol. The summed E-state index contributed by atoms with van der Waals surface area (Å²) in [6.07, 6.45) is 4.96. The minimum atomic E-state index is -0.160. The lowest BCUT2D eigenvalue weighted by Crippen LogP contribution is -2.22. The molecule has 0 radical (unpaired) electrons. The van der Waals surface area contributed by atoms with Gasteiger partial charge in [0.1, 0.15) is 5.82 Å². The summed E-state index contributed by atoms with van der Waals surface area (Å²) in [5, 5.41) is 6.09. The van der Waals surface area contributed by atoms with Gasteiger partial charge in [-0.05, 0) is 70.4 Å². The smallest absolute Gasteiger partial charge is 0.253 e. The fraction of sp³-hybridized carbons (Fsp3) is 0.105. The van der Waals surface area contributed by atoms with Crippen molar-refractivity contribution in [1.82, 2.24) is 15.3 Å². The first kappa shape index (κ1) is 17.1. The van der Waals surface area contributed by atoms with Crippen LogP contribution in [0.2, 0.25) is 0 Å². The lowest BCUT2D eigenvalue weighted by Gasteiger charge is -2.09. The summed E-state index contributed by atoms with van der Waals surface area (Å²) >= 11 is 3.53. The highest BCUT2D eigenvalue weighted by molar-refractivity contribution is 9.10. The van der Waals surface area contributed by atoms with Gasteiger partial charge in [-0.2, -0.15) is 0 Å². The highest BCUT2D eigenvalue weighted by Gasteiger charge is 2.07. The standard InChI is InChI=1S/C19H17BrN4O/c1-13-2-4-17(16(20)10-13)24-18-5-3-15(12-22-18)19(25)23-11-14-6-8-21-9-7-14/h2-10,12H,11H2,1H3,(H,22,24)(H,23,25). The zero-order valence-corrected chi connectivity index (χ0v) is 15.2. The van der Waals surface area contributed by atoms with Crippen molar-refractivity contribution in [2.24, 2.45) is 0 Å². The number of pyridine rings is 2. The third kappa shape index (κ3) is 4.64. The monoisotopic (exact) mass is 396 g/mol. The molecule has 1 amide bonds. The van der Waals surface area contributed by atoms with Crippen LogP contribution in [0.3, 0.4) is 0 Å². The molecule has 0 aliphatic heterocycles. The summed E-state index contributed by atoms with van der Waals surface area (Å²) in [4.78, 5) is 20.4. The maximum atomic E-state index is 12.2. The van der Waals surface area contributed by atoms with Crippen molar-refractivity contribution in [2.45, 2.75) is 13.5 Å². The molecule has 25 heavy (non-hydrogen) atoms. The number of nitrogens with zero attached hydrogens (tertiary/aromatic N) is 2. The van der Waals surface area contributed by atoms with E-state index in [1.807, 2.05) is 37.3 Å². The summed E-state index contributed by atoms with van der Waals surface area (Å²) in [7, 11) is 0. The Kier molecular flexibility index (Phi) is 5.40. The quantitative estimate of drug-likeness (QED) is 0.677. The first-order chi connectivity index (χ1) is 12.1. The van der Waals surface area contributed by atoms with Crippen molar-refractivity contribution in [3.8, 4) is 0 Å². The molecular formula is C19H17BrN4O. The fourth-order valence-corrected chi connectivity index (χ4v) is 2.84. The Labute approximate surface area is 154 Å². The minimum Gasteiger partial charge on any atom is -0.348 e. The van der Waals surface area contributed by atoms with Gasteiger partial charge < -0.3 is 10.6 Å². The third-order valence-electron chi connectivity index (χ3n) is 3.62. The summed E-state index contributed by atoms with van der Waals surface area (Å²) in [5.41, 5.74) is 3.61. The molecule has 6 heteroatoms. The number of benzene rings is 1. The van der Waals surface area contributed by atoms with E-state index >= 15 is 0 Å². The Morgan fingerprint density at radius 3 is 2.60 bits per heavy atom. The van der Waals surface area contributed by atoms with Gasteiger partial charge in [-0.15, -0.1) is 0 Å². The molecule has 3 rings (SSSR count). The Balaban J connectivity index is 1.62. The molecule has 0 fully saturated rings. The molecule has 2 heterocycles. The van der Waals surface area contributed by atoms with E-state index in [0.717, 1.165) is 15.7 Å². The molecule has 0 bridgehead atoms.